The van der Waals surface area contributed by atoms with Crippen LogP contribution in [-0.2, 0) is 13.0 Å². The second-order valence-electron chi connectivity index (χ2n) is 7.84. The summed E-state index contributed by atoms with van der Waals surface area (Å²) in [5.74, 6) is 1.03. The molecule has 34 heavy (non-hydrogen) atoms. The van der Waals surface area contributed by atoms with Gasteiger partial charge in [-0.05, 0) is 66.9 Å². The van der Waals surface area contributed by atoms with Crippen LogP contribution in [0.2, 0.25) is 5.02 Å². The molecular weight excluding hydrogens is 450 g/mol. The average Bonchev–Trinajstić information content (AvgIpc) is 3.37. The van der Waals surface area contributed by atoms with Crippen molar-refractivity contribution in [2.24, 2.45) is 0 Å². The third kappa shape index (κ3) is 6.39. The predicted octanol–water partition coefficient (Wildman–Crippen LogP) is 5.88. The third-order valence-electron chi connectivity index (χ3n) is 5.41. The minimum absolute atomic E-state index is 0.0566. The topological polar surface area (TPSA) is 65.4 Å². The standard InChI is InChI=1S/C27H26ClN3O3/c1-33-26-5-3-2-4-25(26)27(32)30-22-11-14-23(15-12-22)34-24(18-31-17-16-29-19-31)13-8-20-6-9-21(28)10-7-20/h2-7,9-12,14-17,19,24H,8,13,18H2,1H3,(H,30,32). The number of carbonyl (C=O) groups excluding carboxylic acids is 1. The first-order valence-electron chi connectivity index (χ1n) is 11.0. The highest BCUT2D eigenvalue weighted by molar-refractivity contribution is 6.30. The largest absolute Gasteiger partial charge is 0.496 e. The van der Waals surface area contributed by atoms with Crippen molar-refractivity contribution in [3.63, 3.8) is 0 Å². The fraction of sp³-hybridized carbons (Fsp3) is 0.185. The predicted molar refractivity (Wildman–Crippen MR) is 134 cm³/mol. The summed E-state index contributed by atoms with van der Waals surface area (Å²) < 4.78 is 13.6. The number of para-hydroxylation sites is 1. The molecule has 0 bridgehead atoms. The Hall–Kier alpha value is -3.77. The maximum atomic E-state index is 12.6. The first-order chi connectivity index (χ1) is 16.6. The van der Waals surface area contributed by atoms with E-state index in [-0.39, 0.29) is 12.0 Å². The van der Waals surface area contributed by atoms with Crippen LogP contribution in [0.15, 0.2) is 91.5 Å². The number of imidazole rings is 1. The van der Waals surface area contributed by atoms with Gasteiger partial charge in [0.1, 0.15) is 17.6 Å². The lowest BCUT2D eigenvalue weighted by Gasteiger charge is -2.20. The molecule has 4 aromatic rings. The van der Waals surface area contributed by atoms with Crippen LogP contribution < -0.4 is 14.8 Å². The minimum atomic E-state index is -0.230. The Labute approximate surface area is 204 Å². The molecule has 1 amide bonds. The lowest BCUT2D eigenvalue weighted by Crippen LogP contribution is -2.23. The Bertz CT molecular complexity index is 1190. The zero-order chi connectivity index (χ0) is 23.8. The molecule has 4 rings (SSSR count). The van der Waals surface area contributed by atoms with Crippen molar-refractivity contribution in [3.05, 3.63) is 108 Å². The van der Waals surface area contributed by atoms with E-state index in [1.807, 2.05) is 65.4 Å². The molecule has 0 aliphatic heterocycles. The molecule has 0 saturated carbocycles. The van der Waals surface area contributed by atoms with Gasteiger partial charge in [-0.15, -0.1) is 0 Å². The molecule has 0 spiro atoms. The molecular formula is C27H26ClN3O3. The highest BCUT2D eigenvalue weighted by Crippen LogP contribution is 2.22. The van der Waals surface area contributed by atoms with Gasteiger partial charge in [-0.3, -0.25) is 4.79 Å². The van der Waals surface area contributed by atoms with Crippen LogP contribution in [0.5, 0.6) is 11.5 Å². The number of nitrogens with one attached hydrogen (secondary N) is 1. The van der Waals surface area contributed by atoms with E-state index in [1.165, 1.54) is 5.56 Å². The number of ether oxygens (including phenoxy) is 2. The molecule has 0 aliphatic rings. The van der Waals surface area contributed by atoms with Gasteiger partial charge in [-0.2, -0.15) is 0 Å². The van der Waals surface area contributed by atoms with Crippen LogP contribution in [0, 0.1) is 0 Å². The van der Waals surface area contributed by atoms with Crippen LogP contribution >= 0.6 is 11.6 Å². The Balaban J connectivity index is 1.40. The second kappa shape index (κ2) is 11.4. The number of benzene rings is 3. The zero-order valence-electron chi connectivity index (χ0n) is 18.9. The molecule has 6 nitrogen and oxygen atoms in total. The SMILES string of the molecule is COc1ccccc1C(=O)Nc1ccc(OC(CCc2ccc(Cl)cc2)Cn2ccnc2)cc1. The molecule has 1 unspecified atom stereocenters. The van der Waals surface area contributed by atoms with Crippen LogP contribution in [-0.4, -0.2) is 28.7 Å². The number of rotatable bonds is 10. The minimum Gasteiger partial charge on any atom is -0.496 e. The first kappa shape index (κ1) is 23.4. The molecule has 0 saturated heterocycles. The Kier molecular flexibility index (Phi) is 7.83. The van der Waals surface area contributed by atoms with Crippen LogP contribution in [0.4, 0.5) is 5.69 Å². The van der Waals surface area contributed by atoms with E-state index in [4.69, 9.17) is 21.1 Å². The number of hydrogen-bond donors (Lipinski definition) is 1. The highest BCUT2D eigenvalue weighted by Gasteiger charge is 2.14. The molecule has 7 heteroatoms. The third-order valence-corrected chi connectivity index (χ3v) is 5.66. The van der Waals surface area contributed by atoms with Crippen LogP contribution in [0.1, 0.15) is 22.3 Å². The van der Waals surface area contributed by atoms with Gasteiger partial charge >= 0.3 is 0 Å². The molecule has 174 valence electrons. The average molecular weight is 476 g/mol. The second-order valence-corrected chi connectivity index (χ2v) is 8.28. The van der Waals surface area contributed by atoms with Gasteiger partial charge in [0, 0.05) is 23.1 Å². The van der Waals surface area contributed by atoms with Gasteiger partial charge in [0.2, 0.25) is 0 Å². The van der Waals surface area contributed by atoms with Gasteiger partial charge in [-0.1, -0.05) is 35.9 Å². The summed E-state index contributed by atoms with van der Waals surface area (Å²) in [6.07, 6.45) is 7.11. The van der Waals surface area contributed by atoms with E-state index in [1.54, 1.807) is 37.8 Å². The summed E-state index contributed by atoms with van der Waals surface area (Å²) in [6.45, 7) is 0.680. The van der Waals surface area contributed by atoms with Gasteiger partial charge < -0.3 is 19.4 Å². The fourth-order valence-corrected chi connectivity index (χ4v) is 3.76. The number of aryl methyl sites for hydroxylation is 1. The van der Waals surface area contributed by atoms with E-state index < -0.39 is 0 Å². The molecule has 0 aliphatic carbocycles. The molecule has 1 atom stereocenters. The summed E-state index contributed by atoms with van der Waals surface area (Å²) in [5, 5.41) is 3.63. The van der Waals surface area contributed by atoms with Crippen molar-refractivity contribution in [2.75, 3.05) is 12.4 Å². The van der Waals surface area contributed by atoms with E-state index in [0.717, 1.165) is 23.6 Å². The normalized spacial score (nSPS) is 11.6. The lowest BCUT2D eigenvalue weighted by molar-refractivity contribution is 0.102. The Morgan fingerprint density at radius 1 is 1.06 bits per heavy atom. The summed E-state index contributed by atoms with van der Waals surface area (Å²) in [7, 11) is 1.55. The lowest BCUT2D eigenvalue weighted by atomic mass is 10.1. The first-order valence-corrected chi connectivity index (χ1v) is 11.4. The number of amides is 1. The summed E-state index contributed by atoms with van der Waals surface area (Å²) >= 11 is 6.00. The molecule has 1 aromatic heterocycles. The number of nitrogens with zero attached hydrogens (tertiary/aromatic N) is 2. The number of hydrogen-bond acceptors (Lipinski definition) is 4. The number of methoxy groups -OCH3 is 1. The van der Waals surface area contributed by atoms with E-state index in [0.29, 0.717) is 23.5 Å². The van der Waals surface area contributed by atoms with Gasteiger partial charge in [0.25, 0.3) is 5.91 Å². The smallest absolute Gasteiger partial charge is 0.259 e. The van der Waals surface area contributed by atoms with Crippen molar-refractivity contribution in [2.45, 2.75) is 25.5 Å². The maximum Gasteiger partial charge on any atom is 0.259 e. The number of carbonyl (C=O) groups is 1. The van der Waals surface area contributed by atoms with E-state index >= 15 is 0 Å². The van der Waals surface area contributed by atoms with E-state index in [9.17, 15) is 4.79 Å². The van der Waals surface area contributed by atoms with Crippen molar-refractivity contribution in [1.29, 1.82) is 0 Å². The van der Waals surface area contributed by atoms with E-state index in [2.05, 4.69) is 10.3 Å². The van der Waals surface area contributed by atoms with Crippen molar-refractivity contribution in [3.8, 4) is 11.5 Å². The van der Waals surface area contributed by atoms with Crippen LogP contribution in [0.3, 0.4) is 0 Å². The number of anilines is 1. The molecule has 3 aromatic carbocycles. The number of halogens is 1. The zero-order valence-corrected chi connectivity index (χ0v) is 19.6. The van der Waals surface area contributed by atoms with Crippen molar-refractivity contribution >= 4 is 23.2 Å². The summed E-state index contributed by atoms with van der Waals surface area (Å²) in [6, 6.07) is 22.4. The quantitative estimate of drug-likeness (QED) is 0.311. The van der Waals surface area contributed by atoms with Gasteiger partial charge in [-0.25, -0.2) is 4.98 Å². The maximum absolute atomic E-state index is 12.6. The monoisotopic (exact) mass is 475 g/mol. The highest BCUT2D eigenvalue weighted by atomic mass is 35.5. The van der Waals surface area contributed by atoms with Gasteiger partial charge in [0.15, 0.2) is 0 Å². The summed E-state index contributed by atoms with van der Waals surface area (Å²) in [5.41, 5.74) is 2.36. The van der Waals surface area contributed by atoms with Crippen LogP contribution in [0.25, 0.3) is 0 Å². The van der Waals surface area contributed by atoms with Crippen molar-refractivity contribution < 1.29 is 14.3 Å². The molecule has 1 N–H and O–H groups in total. The van der Waals surface area contributed by atoms with Crippen molar-refractivity contribution in [1.82, 2.24) is 9.55 Å². The Morgan fingerprint density at radius 3 is 2.53 bits per heavy atom. The fourth-order valence-electron chi connectivity index (χ4n) is 3.64. The van der Waals surface area contributed by atoms with Gasteiger partial charge in [0.05, 0.1) is 25.5 Å². The summed E-state index contributed by atoms with van der Waals surface area (Å²) in [4.78, 5) is 16.8. The molecule has 1 heterocycles. The Morgan fingerprint density at radius 2 is 1.82 bits per heavy atom. The molecule has 0 fully saturated rings. The molecule has 0 radical (unpaired) electrons. The number of aromatic nitrogens is 2.